The molecule has 0 fully saturated rings. The molecule has 1 amide bonds. The van der Waals surface area contributed by atoms with Crippen molar-refractivity contribution in [3.63, 3.8) is 0 Å². The third-order valence-corrected chi connectivity index (χ3v) is 3.54. The van der Waals surface area contributed by atoms with E-state index in [-0.39, 0.29) is 17.8 Å². The van der Waals surface area contributed by atoms with E-state index in [1.807, 2.05) is 11.2 Å². The average Bonchev–Trinajstić information content (AvgIpc) is 3.02. The summed E-state index contributed by atoms with van der Waals surface area (Å²) >= 11 is 4.33. The summed E-state index contributed by atoms with van der Waals surface area (Å²) in [7, 11) is 0. The maximum Gasteiger partial charge on any atom is 0.418 e. The Morgan fingerprint density at radius 1 is 1.48 bits per heavy atom. The minimum absolute atomic E-state index is 0.186. The average molecular weight is 395 g/mol. The molecule has 27 heavy (non-hydrogen) atoms. The number of nitriles is 1. The highest BCUT2D eigenvalue weighted by Crippen LogP contribution is 2.38. The van der Waals surface area contributed by atoms with E-state index >= 15 is 0 Å². The second-order valence-corrected chi connectivity index (χ2v) is 5.88. The summed E-state index contributed by atoms with van der Waals surface area (Å²) in [4.78, 5) is 15.6. The lowest BCUT2D eigenvalue weighted by Gasteiger charge is -2.22. The zero-order chi connectivity index (χ0) is 20.2. The minimum atomic E-state index is -4.73. The molecule has 1 unspecified atom stereocenters. The highest BCUT2D eigenvalue weighted by molar-refractivity contribution is 7.78. The molecule has 0 bridgehead atoms. The summed E-state index contributed by atoms with van der Waals surface area (Å²) in [6.07, 6.45) is -2.16. The highest BCUT2D eigenvalue weighted by Gasteiger charge is 2.35. The fraction of sp³-hybridized carbons (Fsp3) is 0.250. The topological polar surface area (TPSA) is 103 Å². The van der Waals surface area contributed by atoms with E-state index in [1.165, 1.54) is 30.1 Å². The minimum Gasteiger partial charge on any atom is -0.378 e. The molecule has 0 radical (unpaired) electrons. The van der Waals surface area contributed by atoms with Crippen molar-refractivity contribution in [2.75, 3.05) is 5.32 Å². The maximum absolute atomic E-state index is 13.1. The second-order valence-electron chi connectivity index (χ2n) is 5.70. The monoisotopic (exact) mass is 395 g/mol. The van der Waals surface area contributed by atoms with Crippen LogP contribution in [0.5, 0.6) is 0 Å². The Morgan fingerprint density at radius 2 is 2.19 bits per heavy atom. The van der Waals surface area contributed by atoms with E-state index < -0.39 is 28.9 Å². The van der Waals surface area contributed by atoms with Crippen molar-refractivity contribution < 1.29 is 23.1 Å². The van der Waals surface area contributed by atoms with Gasteiger partial charge in [0.05, 0.1) is 34.7 Å². The number of aromatic nitrogens is 2. The Hall–Kier alpha value is -3.06. The Kier molecular flexibility index (Phi) is 5.75. The number of carbonyl (C=O) groups is 1. The summed E-state index contributed by atoms with van der Waals surface area (Å²) in [6.45, 7) is 0.867. The number of halogens is 3. The van der Waals surface area contributed by atoms with Crippen LogP contribution in [0, 0.1) is 11.3 Å². The number of hydrogen-bond donors (Lipinski definition) is 2. The van der Waals surface area contributed by atoms with Crippen LogP contribution in [0.3, 0.4) is 0 Å². The van der Waals surface area contributed by atoms with Gasteiger partial charge in [0.2, 0.25) is 0 Å². The van der Waals surface area contributed by atoms with Crippen molar-refractivity contribution in [2.24, 2.45) is 4.99 Å². The van der Waals surface area contributed by atoms with E-state index in [4.69, 9.17) is 5.26 Å². The standard InChI is InChI=1S/C16H12F3N5O2S/c1-15(26,8-24-7-10(5-20)6-22-24)14(25)23-11-2-3-13(21-9-27)12(4-11)16(17,18)19/h2-4,6-7,26H,8H2,1H3,(H,23,25). The Bertz CT molecular complexity index is 956. The molecule has 0 spiro atoms. The maximum atomic E-state index is 13.1. The molecular formula is C16H12F3N5O2S. The molecule has 0 saturated carbocycles. The third-order valence-electron chi connectivity index (χ3n) is 3.45. The van der Waals surface area contributed by atoms with Crippen molar-refractivity contribution >= 4 is 34.7 Å². The van der Waals surface area contributed by atoms with Gasteiger partial charge in [-0.3, -0.25) is 9.48 Å². The van der Waals surface area contributed by atoms with Crippen LogP contribution in [0.1, 0.15) is 18.1 Å². The zero-order valence-corrected chi connectivity index (χ0v) is 14.6. The van der Waals surface area contributed by atoms with Gasteiger partial charge < -0.3 is 10.4 Å². The predicted octanol–water partition coefficient (Wildman–Crippen LogP) is 2.90. The van der Waals surface area contributed by atoms with Crippen LogP contribution in [0.15, 0.2) is 35.6 Å². The first-order valence-corrected chi connectivity index (χ1v) is 7.73. The fourth-order valence-corrected chi connectivity index (χ4v) is 2.25. The summed E-state index contributed by atoms with van der Waals surface area (Å²) in [5, 5.41) is 27.0. The molecule has 1 atom stereocenters. The lowest BCUT2D eigenvalue weighted by atomic mass is 10.1. The number of alkyl halides is 3. The third kappa shape index (κ3) is 4.98. The number of amides is 1. The first-order valence-electron chi connectivity index (χ1n) is 7.32. The lowest BCUT2D eigenvalue weighted by molar-refractivity contribution is -0.137. The quantitative estimate of drug-likeness (QED) is 0.599. The van der Waals surface area contributed by atoms with Crippen LogP contribution in [0.2, 0.25) is 0 Å². The van der Waals surface area contributed by atoms with E-state index in [9.17, 15) is 23.1 Å². The zero-order valence-electron chi connectivity index (χ0n) is 13.8. The van der Waals surface area contributed by atoms with Gasteiger partial charge in [0.1, 0.15) is 6.07 Å². The van der Waals surface area contributed by atoms with Crippen molar-refractivity contribution in [3.8, 4) is 6.07 Å². The second kappa shape index (κ2) is 7.67. The molecule has 1 aromatic carbocycles. The first-order chi connectivity index (χ1) is 12.6. The van der Waals surface area contributed by atoms with Gasteiger partial charge in [0.15, 0.2) is 5.60 Å². The molecule has 1 aromatic heterocycles. The number of benzene rings is 1. The number of nitrogens with one attached hydrogen (secondary N) is 1. The number of isothiocyanates is 1. The molecule has 2 rings (SSSR count). The van der Waals surface area contributed by atoms with Crippen LogP contribution in [-0.4, -0.2) is 31.6 Å². The van der Waals surface area contributed by atoms with Gasteiger partial charge in [-0.15, -0.1) is 0 Å². The summed E-state index contributed by atoms with van der Waals surface area (Å²) in [5.74, 6) is -0.948. The number of nitrogens with zero attached hydrogens (tertiary/aromatic N) is 4. The van der Waals surface area contributed by atoms with Gasteiger partial charge in [0.25, 0.3) is 5.91 Å². The van der Waals surface area contributed by atoms with Gasteiger partial charge in [-0.25, -0.2) is 0 Å². The van der Waals surface area contributed by atoms with Gasteiger partial charge >= 0.3 is 6.18 Å². The number of aliphatic imine (C=N–C) groups is 1. The Morgan fingerprint density at radius 3 is 2.74 bits per heavy atom. The van der Waals surface area contributed by atoms with E-state index in [2.05, 4.69) is 27.6 Å². The largest absolute Gasteiger partial charge is 0.418 e. The smallest absolute Gasteiger partial charge is 0.378 e. The highest BCUT2D eigenvalue weighted by atomic mass is 32.1. The predicted molar refractivity (Wildman–Crippen MR) is 92.3 cm³/mol. The molecule has 0 aliphatic heterocycles. The Balaban J connectivity index is 2.23. The molecule has 11 heteroatoms. The van der Waals surface area contributed by atoms with Crippen molar-refractivity contribution in [2.45, 2.75) is 25.2 Å². The fourth-order valence-electron chi connectivity index (χ4n) is 2.15. The molecule has 0 aliphatic carbocycles. The number of thiocarbonyl (C=S) groups is 1. The van der Waals surface area contributed by atoms with Crippen LogP contribution >= 0.6 is 12.2 Å². The van der Waals surface area contributed by atoms with Gasteiger partial charge in [0, 0.05) is 11.9 Å². The summed E-state index contributed by atoms with van der Waals surface area (Å²) in [6, 6.07) is 4.74. The molecule has 2 aromatic rings. The van der Waals surface area contributed by atoms with Gasteiger partial charge in [-0.2, -0.15) is 28.5 Å². The van der Waals surface area contributed by atoms with Crippen LogP contribution < -0.4 is 5.32 Å². The van der Waals surface area contributed by atoms with Crippen LogP contribution in [0.4, 0.5) is 24.5 Å². The van der Waals surface area contributed by atoms with Crippen molar-refractivity contribution in [1.29, 1.82) is 5.26 Å². The van der Waals surface area contributed by atoms with Gasteiger partial charge in [-0.05, 0) is 37.3 Å². The number of hydrogen-bond acceptors (Lipinski definition) is 6. The SMILES string of the molecule is CC(O)(Cn1cc(C#N)cn1)C(=O)Nc1ccc(N=C=S)c(C(F)(F)F)c1. The van der Waals surface area contributed by atoms with E-state index in [0.717, 1.165) is 6.07 Å². The van der Waals surface area contributed by atoms with Crippen LogP contribution in [0.25, 0.3) is 0 Å². The molecule has 0 aliphatic rings. The van der Waals surface area contributed by atoms with E-state index in [1.54, 1.807) is 0 Å². The first kappa shape index (κ1) is 20.3. The molecule has 0 saturated heterocycles. The summed E-state index contributed by atoms with van der Waals surface area (Å²) < 4.78 is 40.6. The van der Waals surface area contributed by atoms with Crippen LogP contribution in [-0.2, 0) is 17.5 Å². The lowest BCUT2D eigenvalue weighted by Crippen LogP contribution is -2.43. The molecular weight excluding hydrogens is 383 g/mol. The summed E-state index contributed by atoms with van der Waals surface area (Å²) in [5.41, 5.74) is -3.50. The number of anilines is 1. The molecule has 140 valence electrons. The number of aliphatic hydroxyl groups is 1. The van der Waals surface area contributed by atoms with Crippen molar-refractivity contribution in [1.82, 2.24) is 9.78 Å². The van der Waals surface area contributed by atoms with E-state index in [0.29, 0.717) is 6.07 Å². The molecule has 7 nitrogen and oxygen atoms in total. The van der Waals surface area contributed by atoms with Gasteiger partial charge in [-0.1, -0.05) is 0 Å². The normalized spacial score (nSPS) is 13.2. The van der Waals surface area contributed by atoms with Crippen molar-refractivity contribution in [3.05, 3.63) is 41.7 Å². The number of rotatable bonds is 5. The number of carbonyl (C=O) groups excluding carboxylic acids is 1. The molecule has 2 N–H and O–H groups in total. The Labute approximate surface area is 156 Å². The molecule has 1 heterocycles.